The Hall–Kier alpha value is -2.84. The number of hydrazine groups is 2. The van der Waals surface area contributed by atoms with Crippen LogP contribution in [-0.2, 0) is 0 Å². The lowest BCUT2D eigenvalue weighted by Gasteiger charge is -2.20. The van der Waals surface area contributed by atoms with Crippen molar-refractivity contribution in [3.63, 3.8) is 0 Å². The molecule has 2 amide bonds. The van der Waals surface area contributed by atoms with E-state index < -0.39 is 11.8 Å². The minimum atomic E-state index is -0.763. The lowest BCUT2D eigenvalue weighted by Crippen LogP contribution is -2.48. The molecule has 0 radical (unpaired) electrons. The zero-order valence-electron chi connectivity index (χ0n) is 11.7. The fraction of sp³-hybridized carbons (Fsp3) is 0.0714. The van der Waals surface area contributed by atoms with Crippen LogP contribution in [0.1, 0.15) is 11.3 Å². The van der Waals surface area contributed by atoms with E-state index in [1.807, 2.05) is 5.43 Å². The number of nitrogens with one attached hydrogen (secondary N) is 1. The molecule has 2 rings (SSSR count). The Morgan fingerprint density at radius 1 is 1.41 bits per heavy atom. The van der Waals surface area contributed by atoms with Gasteiger partial charge < -0.3 is 9.15 Å². The van der Waals surface area contributed by atoms with E-state index in [4.69, 9.17) is 20.8 Å². The molecule has 2 aromatic rings. The molecule has 0 unspecified atom stereocenters. The monoisotopic (exact) mass is 306 g/mol. The Kier molecular flexibility index (Phi) is 4.77. The van der Waals surface area contributed by atoms with E-state index in [1.165, 1.54) is 25.5 Å². The van der Waals surface area contributed by atoms with E-state index in [1.54, 1.807) is 18.2 Å². The van der Waals surface area contributed by atoms with Crippen molar-refractivity contribution in [3.8, 4) is 5.75 Å². The highest BCUT2D eigenvalue weighted by molar-refractivity contribution is 5.94. The van der Waals surface area contributed by atoms with Crippen molar-refractivity contribution in [1.82, 2.24) is 5.43 Å². The molecule has 116 valence electrons. The third-order valence-electron chi connectivity index (χ3n) is 2.89. The number of nitrogens with two attached hydrogens (primary N) is 2. The third-order valence-corrected chi connectivity index (χ3v) is 2.89. The Balaban J connectivity index is 2.51. The molecule has 0 saturated carbocycles. The van der Waals surface area contributed by atoms with Crippen LogP contribution in [-0.4, -0.2) is 13.1 Å². The largest absolute Gasteiger partial charge is 0.493 e. The Labute approximate surface area is 125 Å². The number of ether oxygens (including phenoxy) is 1. The van der Waals surface area contributed by atoms with Crippen LogP contribution in [0.3, 0.4) is 0 Å². The number of hydrogen-bond acceptors (Lipinski definition) is 5. The first kappa shape index (κ1) is 15.5. The SMILES string of the molecule is COc1c(F)ccc(N(N)C(=O)NN)c1/C=C/c1ccco1. The molecule has 5 N–H and O–H groups in total. The second-order valence-corrected chi connectivity index (χ2v) is 4.18. The summed E-state index contributed by atoms with van der Waals surface area (Å²) < 4.78 is 24.1. The smallest absolute Gasteiger partial charge is 0.350 e. The highest BCUT2D eigenvalue weighted by Crippen LogP contribution is 2.33. The van der Waals surface area contributed by atoms with Gasteiger partial charge in [-0.3, -0.25) is 5.43 Å². The van der Waals surface area contributed by atoms with Crippen LogP contribution in [0.5, 0.6) is 5.75 Å². The minimum absolute atomic E-state index is 0.0550. The first-order chi connectivity index (χ1) is 10.6. The molecule has 0 atom stereocenters. The zero-order chi connectivity index (χ0) is 16.1. The van der Waals surface area contributed by atoms with Crippen molar-refractivity contribution < 1.29 is 18.3 Å². The number of rotatable bonds is 4. The van der Waals surface area contributed by atoms with Crippen molar-refractivity contribution in [2.24, 2.45) is 11.7 Å². The minimum Gasteiger partial charge on any atom is -0.493 e. The summed E-state index contributed by atoms with van der Waals surface area (Å²) in [6.45, 7) is 0. The molecule has 8 heteroatoms. The summed E-state index contributed by atoms with van der Waals surface area (Å²) in [4.78, 5) is 11.6. The van der Waals surface area contributed by atoms with Crippen LogP contribution >= 0.6 is 0 Å². The van der Waals surface area contributed by atoms with Gasteiger partial charge in [0.25, 0.3) is 0 Å². The van der Waals surface area contributed by atoms with Crippen LogP contribution in [0.2, 0.25) is 0 Å². The molecule has 0 aliphatic rings. The molecule has 0 saturated heterocycles. The second kappa shape index (κ2) is 6.74. The van der Waals surface area contributed by atoms with Crippen molar-refractivity contribution in [3.05, 3.63) is 47.7 Å². The Morgan fingerprint density at radius 2 is 2.18 bits per heavy atom. The number of benzene rings is 1. The van der Waals surface area contributed by atoms with Gasteiger partial charge in [-0.15, -0.1) is 0 Å². The number of methoxy groups -OCH3 is 1. The number of halogens is 1. The van der Waals surface area contributed by atoms with Gasteiger partial charge in [0, 0.05) is 5.56 Å². The first-order valence-corrected chi connectivity index (χ1v) is 6.22. The topological polar surface area (TPSA) is 107 Å². The number of nitrogens with zero attached hydrogens (tertiary/aromatic N) is 1. The third kappa shape index (κ3) is 3.08. The predicted octanol–water partition coefficient (Wildman–Crippen LogP) is 1.86. The maximum Gasteiger partial charge on any atom is 0.350 e. The van der Waals surface area contributed by atoms with Crippen LogP contribution in [0.4, 0.5) is 14.9 Å². The van der Waals surface area contributed by atoms with Crippen LogP contribution in [0.25, 0.3) is 12.2 Å². The van der Waals surface area contributed by atoms with Gasteiger partial charge in [0.2, 0.25) is 0 Å². The molecule has 1 heterocycles. The molecule has 7 nitrogen and oxygen atoms in total. The lowest BCUT2D eigenvalue weighted by molar-refractivity contribution is 0.246. The summed E-state index contributed by atoms with van der Waals surface area (Å²) in [5.74, 6) is 10.6. The van der Waals surface area contributed by atoms with Crippen molar-refractivity contribution in [2.45, 2.75) is 0 Å². The molecular weight excluding hydrogens is 291 g/mol. The van der Waals surface area contributed by atoms with E-state index in [2.05, 4.69) is 0 Å². The van der Waals surface area contributed by atoms with Crippen LogP contribution < -0.4 is 26.9 Å². The van der Waals surface area contributed by atoms with Gasteiger partial charge in [-0.05, 0) is 36.4 Å². The second-order valence-electron chi connectivity index (χ2n) is 4.18. The first-order valence-electron chi connectivity index (χ1n) is 6.22. The number of carbonyl (C=O) groups excluding carboxylic acids is 1. The summed E-state index contributed by atoms with van der Waals surface area (Å²) in [7, 11) is 1.32. The summed E-state index contributed by atoms with van der Waals surface area (Å²) >= 11 is 0. The molecule has 22 heavy (non-hydrogen) atoms. The van der Waals surface area contributed by atoms with E-state index in [-0.39, 0.29) is 17.0 Å². The van der Waals surface area contributed by atoms with E-state index in [0.29, 0.717) is 5.76 Å². The summed E-state index contributed by atoms with van der Waals surface area (Å²) in [5, 5.41) is 0.754. The zero-order valence-corrected chi connectivity index (χ0v) is 11.7. The highest BCUT2D eigenvalue weighted by atomic mass is 19.1. The standard InChI is InChI=1S/C14H15FN4O3/c1-21-13-10(5-4-9-3-2-8-22-9)12(7-6-11(13)15)19(17)14(20)18-16/h2-8H,16-17H2,1H3,(H,18,20)/b5-4+. The molecule has 0 bridgehead atoms. The fourth-order valence-corrected chi connectivity index (χ4v) is 1.87. The van der Waals surface area contributed by atoms with E-state index >= 15 is 0 Å². The van der Waals surface area contributed by atoms with Gasteiger partial charge in [0.15, 0.2) is 11.6 Å². The summed E-state index contributed by atoms with van der Waals surface area (Å²) in [6, 6.07) is 5.15. The van der Waals surface area contributed by atoms with E-state index in [9.17, 15) is 9.18 Å². The van der Waals surface area contributed by atoms with Gasteiger partial charge in [0.1, 0.15) is 5.76 Å². The van der Waals surface area contributed by atoms with Crippen molar-refractivity contribution in [2.75, 3.05) is 12.1 Å². The normalized spacial score (nSPS) is 10.7. The maximum atomic E-state index is 13.9. The quantitative estimate of drug-likeness (QED) is 0.454. The maximum absolute atomic E-state index is 13.9. The van der Waals surface area contributed by atoms with Crippen LogP contribution in [0, 0.1) is 5.82 Å². The molecule has 1 aromatic heterocycles. The van der Waals surface area contributed by atoms with Crippen LogP contribution in [0.15, 0.2) is 34.9 Å². The average molecular weight is 306 g/mol. The fourth-order valence-electron chi connectivity index (χ4n) is 1.87. The number of urea groups is 1. The molecular formula is C14H15FN4O3. The number of furan rings is 1. The number of carbonyl (C=O) groups is 1. The molecule has 0 spiro atoms. The number of hydrogen-bond donors (Lipinski definition) is 3. The molecule has 0 fully saturated rings. The summed E-state index contributed by atoms with van der Waals surface area (Å²) in [5.41, 5.74) is 2.38. The van der Waals surface area contributed by atoms with Gasteiger partial charge in [0.05, 0.1) is 19.1 Å². The highest BCUT2D eigenvalue weighted by Gasteiger charge is 2.19. The average Bonchev–Trinajstić information content (AvgIpc) is 3.04. The van der Waals surface area contributed by atoms with Gasteiger partial charge in [-0.1, -0.05) is 0 Å². The number of anilines is 1. The van der Waals surface area contributed by atoms with Crippen molar-refractivity contribution in [1.29, 1.82) is 0 Å². The predicted molar refractivity (Wildman–Crippen MR) is 80.0 cm³/mol. The number of amides is 2. The van der Waals surface area contributed by atoms with Gasteiger partial charge in [-0.25, -0.2) is 25.9 Å². The Morgan fingerprint density at radius 3 is 2.77 bits per heavy atom. The van der Waals surface area contributed by atoms with Crippen molar-refractivity contribution >= 4 is 23.9 Å². The molecule has 0 aliphatic heterocycles. The lowest BCUT2D eigenvalue weighted by atomic mass is 10.1. The van der Waals surface area contributed by atoms with Gasteiger partial charge >= 0.3 is 6.03 Å². The van der Waals surface area contributed by atoms with E-state index in [0.717, 1.165) is 11.1 Å². The molecule has 1 aromatic carbocycles. The Bertz CT molecular complexity index is 686. The summed E-state index contributed by atoms with van der Waals surface area (Å²) in [6.07, 6.45) is 4.62. The van der Waals surface area contributed by atoms with Gasteiger partial charge in [-0.2, -0.15) is 0 Å². The molecule has 0 aliphatic carbocycles.